The number of para-hydroxylation sites is 1. The van der Waals surface area contributed by atoms with Gasteiger partial charge in [0.25, 0.3) is 0 Å². The normalized spacial score (nSPS) is 25.5. The van der Waals surface area contributed by atoms with Crippen LogP contribution < -0.4 is 5.06 Å². The van der Waals surface area contributed by atoms with E-state index in [0.717, 1.165) is 11.3 Å². The fourth-order valence-electron chi connectivity index (χ4n) is 1.82. The molecule has 1 atom stereocenters. The minimum Gasteiger partial charge on any atom is -0.360 e. The van der Waals surface area contributed by atoms with Gasteiger partial charge in [0.2, 0.25) is 5.79 Å². The molecule has 0 spiro atoms. The Balaban J connectivity index is 2.52. The van der Waals surface area contributed by atoms with Gasteiger partial charge >= 0.3 is 0 Å². The molecule has 0 saturated carbocycles. The lowest BCUT2D eigenvalue weighted by molar-refractivity contribution is -0.201. The van der Waals surface area contributed by atoms with E-state index in [9.17, 15) is 5.11 Å². The van der Waals surface area contributed by atoms with Gasteiger partial charge in [0.05, 0.1) is 11.2 Å². The van der Waals surface area contributed by atoms with E-state index in [-0.39, 0.29) is 5.54 Å². The lowest BCUT2D eigenvalue weighted by Gasteiger charge is -2.33. The maximum atomic E-state index is 10.1. The Morgan fingerprint density at radius 1 is 1.27 bits per heavy atom. The molecule has 1 aromatic rings. The first-order valence-corrected chi connectivity index (χ1v) is 5.13. The zero-order chi connectivity index (χ0) is 11.3. The van der Waals surface area contributed by atoms with Crippen molar-refractivity contribution in [1.29, 1.82) is 0 Å². The molecule has 0 amide bonds. The van der Waals surface area contributed by atoms with E-state index >= 15 is 0 Å². The molecule has 1 unspecified atom stereocenters. The molecule has 82 valence electrons. The fourth-order valence-corrected chi connectivity index (χ4v) is 1.82. The number of hydrogen-bond acceptors (Lipinski definition) is 3. The molecule has 0 aromatic heterocycles. The summed E-state index contributed by atoms with van der Waals surface area (Å²) in [5, 5.41) is 11.9. The van der Waals surface area contributed by atoms with Gasteiger partial charge in [0.15, 0.2) is 0 Å². The lowest BCUT2D eigenvalue weighted by Crippen LogP contribution is -2.41. The number of hydroxylamine groups is 1. The van der Waals surface area contributed by atoms with Crippen LogP contribution in [0.1, 0.15) is 33.3 Å². The van der Waals surface area contributed by atoms with Crippen LogP contribution in [0.5, 0.6) is 0 Å². The summed E-state index contributed by atoms with van der Waals surface area (Å²) >= 11 is 0. The van der Waals surface area contributed by atoms with Crippen molar-refractivity contribution in [2.75, 3.05) is 5.06 Å². The SMILES string of the molecule is CC1(O)ON(C(C)(C)C)c2ccccc21. The van der Waals surface area contributed by atoms with Crippen LogP contribution in [0, 0.1) is 0 Å². The maximum Gasteiger partial charge on any atom is 0.217 e. The summed E-state index contributed by atoms with van der Waals surface area (Å²) in [4.78, 5) is 5.57. The van der Waals surface area contributed by atoms with Crippen molar-refractivity contribution in [3.63, 3.8) is 0 Å². The quantitative estimate of drug-likeness (QED) is 0.709. The maximum absolute atomic E-state index is 10.1. The summed E-state index contributed by atoms with van der Waals surface area (Å²) in [6.45, 7) is 7.80. The van der Waals surface area contributed by atoms with Crippen LogP contribution in [-0.4, -0.2) is 10.6 Å². The molecule has 2 rings (SSSR count). The largest absolute Gasteiger partial charge is 0.360 e. The van der Waals surface area contributed by atoms with Gasteiger partial charge < -0.3 is 5.11 Å². The second kappa shape index (κ2) is 2.97. The number of nitrogens with zero attached hydrogens (tertiary/aromatic N) is 1. The van der Waals surface area contributed by atoms with E-state index in [0.29, 0.717) is 0 Å². The summed E-state index contributed by atoms with van der Waals surface area (Å²) < 4.78 is 0. The summed E-state index contributed by atoms with van der Waals surface area (Å²) in [6, 6.07) is 7.70. The van der Waals surface area contributed by atoms with Crippen molar-refractivity contribution in [2.45, 2.75) is 39.0 Å². The summed E-state index contributed by atoms with van der Waals surface area (Å²) in [6.07, 6.45) is 0. The molecule has 3 nitrogen and oxygen atoms in total. The first-order chi connectivity index (χ1) is 6.82. The molecular formula is C12H17NO2. The third kappa shape index (κ3) is 1.62. The Bertz CT molecular complexity index is 379. The average Bonchev–Trinajstić information content (AvgIpc) is 2.39. The minimum absolute atomic E-state index is 0.170. The van der Waals surface area contributed by atoms with Gasteiger partial charge in [0, 0.05) is 5.56 Å². The van der Waals surface area contributed by atoms with Gasteiger partial charge in [-0.15, -0.1) is 0 Å². The number of fused-ring (bicyclic) bond motifs is 1. The molecule has 0 saturated heterocycles. The molecule has 3 heteroatoms. The van der Waals surface area contributed by atoms with Crippen molar-refractivity contribution in [3.05, 3.63) is 29.8 Å². The molecule has 0 radical (unpaired) electrons. The van der Waals surface area contributed by atoms with Gasteiger partial charge in [-0.05, 0) is 33.8 Å². The molecule has 1 aliphatic rings. The molecule has 1 N–H and O–H groups in total. The standard InChI is InChI=1S/C12H17NO2/c1-11(2,3)13-10-8-6-5-7-9(10)12(4,14)15-13/h5-8,14H,1-4H3. The van der Waals surface area contributed by atoms with Crippen molar-refractivity contribution < 1.29 is 9.94 Å². The van der Waals surface area contributed by atoms with Crippen LogP contribution in [0.3, 0.4) is 0 Å². The zero-order valence-corrected chi connectivity index (χ0v) is 9.61. The van der Waals surface area contributed by atoms with E-state index in [4.69, 9.17) is 4.84 Å². The molecule has 1 aromatic carbocycles. The van der Waals surface area contributed by atoms with Crippen molar-refractivity contribution >= 4 is 5.69 Å². The van der Waals surface area contributed by atoms with E-state index in [2.05, 4.69) is 0 Å². The molecular weight excluding hydrogens is 190 g/mol. The van der Waals surface area contributed by atoms with Crippen molar-refractivity contribution in [3.8, 4) is 0 Å². The highest BCUT2D eigenvalue weighted by Gasteiger charge is 2.42. The predicted molar refractivity (Wildman–Crippen MR) is 59.3 cm³/mol. The Hall–Kier alpha value is -1.06. The number of hydrogen-bond donors (Lipinski definition) is 1. The molecule has 1 aliphatic heterocycles. The predicted octanol–water partition coefficient (Wildman–Crippen LogP) is 2.40. The topological polar surface area (TPSA) is 32.7 Å². The monoisotopic (exact) mass is 207 g/mol. The van der Waals surface area contributed by atoms with E-state index < -0.39 is 5.79 Å². The molecule has 0 aliphatic carbocycles. The van der Waals surface area contributed by atoms with E-state index in [1.807, 2.05) is 45.0 Å². The van der Waals surface area contributed by atoms with Crippen LogP contribution in [0.25, 0.3) is 0 Å². The molecule has 15 heavy (non-hydrogen) atoms. The Kier molecular flexibility index (Phi) is 2.07. The number of rotatable bonds is 0. The first-order valence-electron chi connectivity index (χ1n) is 5.13. The van der Waals surface area contributed by atoms with Crippen LogP contribution in [-0.2, 0) is 10.6 Å². The molecule has 0 bridgehead atoms. The van der Waals surface area contributed by atoms with Crippen LogP contribution in [0.2, 0.25) is 0 Å². The third-order valence-electron chi connectivity index (χ3n) is 2.50. The highest BCUT2D eigenvalue weighted by Crippen LogP contribution is 2.43. The first kappa shape index (κ1) is 10.5. The van der Waals surface area contributed by atoms with Crippen LogP contribution in [0.15, 0.2) is 24.3 Å². The Morgan fingerprint density at radius 2 is 1.87 bits per heavy atom. The summed E-state index contributed by atoms with van der Waals surface area (Å²) in [5.41, 5.74) is 1.59. The van der Waals surface area contributed by atoms with Crippen molar-refractivity contribution in [2.24, 2.45) is 0 Å². The Morgan fingerprint density at radius 3 is 2.47 bits per heavy atom. The zero-order valence-electron chi connectivity index (χ0n) is 9.61. The van der Waals surface area contributed by atoms with E-state index in [1.54, 1.807) is 12.0 Å². The highest BCUT2D eigenvalue weighted by atomic mass is 16.8. The van der Waals surface area contributed by atoms with Crippen molar-refractivity contribution in [1.82, 2.24) is 0 Å². The number of anilines is 1. The van der Waals surface area contributed by atoms with Gasteiger partial charge in [-0.25, -0.2) is 9.90 Å². The van der Waals surface area contributed by atoms with Gasteiger partial charge in [-0.3, -0.25) is 0 Å². The number of aliphatic hydroxyl groups is 1. The smallest absolute Gasteiger partial charge is 0.217 e. The second-order valence-electron chi connectivity index (χ2n) is 5.06. The van der Waals surface area contributed by atoms with E-state index in [1.165, 1.54) is 0 Å². The highest BCUT2D eigenvalue weighted by molar-refractivity contribution is 5.58. The van der Waals surface area contributed by atoms with Gasteiger partial charge in [-0.1, -0.05) is 18.2 Å². The van der Waals surface area contributed by atoms with Crippen LogP contribution in [0.4, 0.5) is 5.69 Å². The fraction of sp³-hybridized carbons (Fsp3) is 0.500. The average molecular weight is 207 g/mol. The van der Waals surface area contributed by atoms with Gasteiger partial charge in [-0.2, -0.15) is 0 Å². The second-order valence-corrected chi connectivity index (χ2v) is 5.06. The lowest BCUT2D eigenvalue weighted by atomic mass is 10.0. The van der Waals surface area contributed by atoms with Gasteiger partial charge in [0.1, 0.15) is 0 Å². The summed E-state index contributed by atoms with van der Waals surface area (Å²) in [5.74, 6) is -1.22. The molecule has 1 heterocycles. The summed E-state index contributed by atoms with van der Waals surface area (Å²) in [7, 11) is 0. The Labute approximate surface area is 90.2 Å². The minimum atomic E-state index is -1.22. The van der Waals surface area contributed by atoms with Crippen LogP contribution >= 0.6 is 0 Å². The molecule has 0 fully saturated rings. The third-order valence-corrected chi connectivity index (χ3v) is 2.50. The number of benzene rings is 1.